The third kappa shape index (κ3) is 2.03. The van der Waals surface area contributed by atoms with Gasteiger partial charge >= 0.3 is 0 Å². The van der Waals surface area contributed by atoms with Crippen molar-refractivity contribution < 1.29 is 0 Å². The molecule has 0 amide bonds. The summed E-state index contributed by atoms with van der Waals surface area (Å²) in [5.41, 5.74) is 2.82. The van der Waals surface area contributed by atoms with E-state index in [-0.39, 0.29) is 5.38 Å². The topological polar surface area (TPSA) is 12.9 Å². The van der Waals surface area contributed by atoms with Gasteiger partial charge in [-0.2, -0.15) is 0 Å². The van der Waals surface area contributed by atoms with E-state index in [0.717, 1.165) is 17.6 Å². The SMILES string of the molecule is CC1(C)C(C(Cl)Cc2ccc3ccccc3n2)C1(C)C. The van der Waals surface area contributed by atoms with Gasteiger partial charge in [0.25, 0.3) is 0 Å². The molecule has 0 saturated heterocycles. The predicted molar refractivity (Wildman–Crippen MR) is 86.1 cm³/mol. The summed E-state index contributed by atoms with van der Waals surface area (Å²) in [7, 11) is 0. The van der Waals surface area contributed by atoms with Crippen LogP contribution in [-0.4, -0.2) is 10.4 Å². The van der Waals surface area contributed by atoms with Gasteiger partial charge in [0, 0.05) is 22.9 Å². The quantitative estimate of drug-likeness (QED) is 0.719. The number of hydrogen-bond donors (Lipinski definition) is 0. The van der Waals surface area contributed by atoms with Gasteiger partial charge in [-0.25, -0.2) is 0 Å². The Morgan fingerprint density at radius 3 is 2.35 bits per heavy atom. The molecule has 1 nitrogen and oxygen atoms in total. The molecule has 20 heavy (non-hydrogen) atoms. The van der Waals surface area contributed by atoms with Gasteiger partial charge < -0.3 is 0 Å². The minimum atomic E-state index is 0.161. The van der Waals surface area contributed by atoms with E-state index in [2.05, 4.69) is 52.0 Å². The van der Waals surface area contributed by atoms with Crippen LogP contribution in [0.5, 0.6) is 0 Å². The first-order valence-electron chi connectivity index (χ1n) is 7.33. The van der Waals surface area contributed by atoms with Crippen molar-refractivity contribution in [2.75, 3.05) is 0 Å². The second-order valence-electron chi connectivity index (χ2n) is 7.14. The van der Waals surface area contributed by atoms with Crippen molar-refractivity contribution in [1.29, 1.82) is 0 Å². The van der Waals surface area contributed by atoms with E-state index in [4.69, 9.17) is 16.6 Å². The molecule has 1 heterocycles. The van der Waals surface area contributed by atoms with Crippen molar-refractivity contribution in [3.8, 4) is 0 Å². The zero-order valence-corrected chi connectivity index (χ0v) is 13.4. The average Bonchev–Trinajstić information content (AvgIpc) is 2.79. The molecule has 1 fully saturated rings. The molecule has 1 saturated carbocycles. The molecular weight excluding hydrogens is 266 g/mol. The number of rotatable bonds is 3. The highest BCUT2D eigenvalue weighted by atomic mass is 35.5. The second kappa shape index (κ2) is 4.46. The van der Waals surface area contributed by atoms with Crippen LogP contribution in [-0.2, 0) is 6.42 Å². The molecule has 1 aromatic heterocycles. The fourth-order valence-electron chi connectivity index (χ4n) is 3.69. The van der Waals surface area contributed by atoms with E-state index in [9.17, 15) is 0 Å². The van der Waals surface area contributed by atoms with E-state index in [1.807, 2.05) is 12.1 Å². The maximum Gasteiger partial charge on any atom is 0.0705 e. The van der Waals surface area contributed by atoms with Gasteiger partial charge in [-0.1, -0.05) is 52.0 Å². The van der Waals surface area contributed by atoms with Gasteiger partial charge in [-0.15, -0.1) is 11.6 Å². The molecule has 1 aliphatic rings. The van der Waals surface area contributed by atoms with Crippen LogP contribution in [0.25, 0.3) is 10.9 Å². The fraction of sp³-hybridized carbons (Fsp3) is 0.500. The molecule has 0 N–H and O–H groups in total. The molecule has 1 aliphatic carbocycles. The summed E-state index contributed by atoms with van der Waals surface area (Å²) >= 11 is 6.69. The summed E-state index contributed by atoms with van der Waals surface area (Å²) < 4.78 is 0. The molecular formula is C18H22ClN. The van der Waals surface area contributed by atoms with Crippen LogP contribution in [0.2, 0.25) is 0 Å². The lowest BCUT2D eigenvalue weighted by Crippen LogP contribution is -2.12. The Morgan fingerprint density at radius 1 is 1.05 bits per heavy atom. The van der Waals surface area contributed by atoms with Crippen LogP contribution in [0.15, 0.2) is 36.4 Å². The number of pyridine rings is 1. The van der Waals surface area contributed by atoms with E-state index in [1.165, 1.54) is 5.39 Å². The summed E-state index contributed by atoms with van der Waals surface area (Å²) in [5.74, 6) is 0.560. The molecule has 0 bridgehead atoms. The van der Waals surface area contributed by atoms with E-state index < -0.39 is 0 Å². The van der Waals surface area contributed by atoms with Gasteiger partial charge in [0.1, 0.15) is 0 Å². The first kappa shape index (κ1) is 13.9. The Morgan fingerprint density at radius 2 is 1.70 bits per heavy atom. The summed E-state index contributed by atoms with van der Waals surface area (Å²) in [4.78, 5) is 4.74. The third-order valence-corrected chi connectivity index (χ3v) is 5.96. The zero-order valence-electron chi connectivity index (χ0n) is 12.7. The number of para-hydroxylation sites is 1. The molecule has 0 aliphatic heterocycles. The van der Waals surface area contributed by atoms with Gasteiger partial charge in [0.15, 0.2) is 0 Å². The number of hydrogen-bond acceptors (Lipinski definition) is 1. The molecule has 1 aromatic carbocycles. The molecule has 1 unspecified atom stereocenters. The van der Waals surface area contributed by atoms with Gasteiger partial charge in [-0.05, 0) is 28.9 Å². The number of aromatic nitrogens is 1. The second-order valence-corrected chi connectivity index (χ2v) is 7.70. The molecule has 3 rings (SSSR count). The molecule has 2 heteroatoms. The van der Waals surface area contributed by atoms with E-state index >= 15 is 0 Å². The zero-order chi connectivity index (χ0) is 14.5. The number of halogens is 1. The molecule has 0 radical (unpaired) electrons. The number of benzene rings is 1. The van der Waals surface area contributed by atoms with Crippen LogP contribution in [0.3, 0.4) is 0 Å². The highest BCUT2D eigenvalue weighted by Gasteiger charge is 2.66. The van der Waals surface area contributed by atoms with E-state index in [1.54, 1.807) is 0 Å². The van der Waals surface area contributed by atoms with Crippen LogP contribution >= 0.6 is 11.6 Å². The smallest absolute Gasteiger partial charge is 0.0705 e. The largest absolute Gasteiger partial charge is 0.253 e. The van der Waals surface area contributed by atoms with Gasteiger partial charge in [-0.3, -0.25) is 4.98 Å². The van der Waals surface area contributed by atoms with Crippen molar-refractivity contribution >= 4 is 22.5 Å². The lowest BCUT2D eigenvalue weighted by molar-refractivity contribution is 0.457. The summed E-state index contributed by atoms with van der Waals surface area (Å²) in [6, 6.07) is 12.5. The Bertz CT molecular complexity index is 631. The van der Waals surface area contributed by atoms with Crippen LogP contribution in [0.4, 0.5) is 0 Å². The monoisotopic (exact) mass is 287 g/mol. The maximum atomic E-state index is 6.69. The minimum Gasteiger partial charge on any atom is -0.253 e. The van der Waals surface area contributed by atoms with Crippen LogP contribution in [0, 0.1) is 16.7 Å². The highest BCUT2D eigenvalue weighted by molar-refractivity contribution is 6.21. The highest BCUT2D eigenvalue weighted by Crippen LogP contribution is 2.70. The lowest BCUT2D eigenvalue weighted by atomic mass is 10.0. The summed E-state index contributed by atoms with van der Waals surface area (Å²) in [6.45, 7) is 9.28. The first-order valence-corrected chi connectivity index (χ1v) is 7.76. The van der Waals surface area contributed by atoms with Crippen molar-refractivity contribution in [3.05, 3.63) is 42.1 Å². The van der Waals surface area contributed by atoms with Crippen LogP contribution in [0.1, 0.15) is 33.4 Å². The summed E-state index contributed by atoms with van der Waals surface area (Å²) in [6.07, 6.45) is 0.851. The van der Waals surface area contributed by atoms with E-state index in [0.29, 0.717) is 16.7 Å². The number of nitrogens with zero attached hydrogens (tertiary/aromatic N) is 1. The Hall–Kier alpha value is -1.08. The van der Waals surface area contributed by atoms with Crippen molar-refractivity contribution in [2.45, 2.75) is 39.5 Å². The van der Waals surface area contributed by atoms with Crippen LogP contribution < -0.4 is 0 Å². The fourth-order valence-corrected chi connectivity index (χ4v) is 4.48. The Labute approximate surface area is 126 Å². The number of fused-ring (bicyclic) bond motifs is 1. The van der Waals surface area contributed by atoms with Crippen molar-refractivity contribution in [2.24, 2.45) is 16.7 Å². The Kier molecular flexibility index (Phi) is 3.10. The maximum absolute atomic E-state index is 6.69. The standard InChI is InChI=1S/C18H22ClN/c1-17(2)16(18(17,3)4)14(19)11-13-10-9-12-7-5-6-8-15(12)20-13/h5-10,14,16H,11H2,1-4H3. The van der Waals surface area contributed by atoms with Crippen molar-refractivity contribution in [3.63, 3.8) is 0 Å². The normalized spacial score (nSPS) is 21.9. The predicted octanol–water partition coefficient (Wildman–Crippen LogP) is 5.07. The van der Waals surface area contributed by atoms with Gasteiger partial charge in [0.2, 0.25) is 0 Å². The molecule has 106 valence electrons. The summed E-state index contributed by atoms with van der Waals surface area (Å²) in [5, 5.41) is 1.35. The number of alkyl halides is 1. The molecule has 2 aromatic rings. The Balaban J connectivity index is 1.80. The average molecular weight is 288 g/mol. The molecule has 0 spiro atoms. The lowest BCUT2D eigenvalue weighted by Gasteiger charge is -2.11. The van der Waals surface area contributed by atoms with Gasteiger partial charge in [0.05, 0.1) is 5.52 Å². The minimum absolute atomic E-state index is 0.161. The first-order chi connectivity index (χ1) is 9.34. The third-order valence-electron chi connectivity index (χ3n) is 5.55. The van der Waals surface area contributed by atoms with Crippen molar-refractivity contribution in [1.82, 2.24) is 4.98 Å². The molecule has 1 atom stereocenters.